The van der Waals surface area contributed by atoms with Crippen molar-refractivity contribution in [2.75, 3.05) is 26.2 Å². The summed E-state index contributed by atoms with van der Waals surface area (Å²) in [7, 11) is 0. The van der Waals surface area contributed by atoms with Gasteiger partial charge in [-0.3, -0.25) is 14.4 Å². The largest absolute Gasteiger partial charge is 0.369 e. The minimum atomic E-state index is -0.316. The van der Waals surface area contributed by atoms with Crippen LogP contribution in [0.5, 0.6) is 0 Å². The van der Waals surface area contributed by atoms with Crippen molar-refractivity contribution in [1.82, 2.24) is 9.80 Å². The molecule has 1 aromatic rings. The Labute approximate surface area is 145 Å². The molecule has 0 bridgehead atoms. The van der Waals surface area contributed by atoms with Crippen LogP contribution in [0.4, 0.5) is 0 Å². The van der Waals surface area contributed by atoms with Crippen molar-refractivity contribution in [1.29, 1.82) is 0 Å². The second-order valence-electron chi connectivity index (χ2n) is 6.57. The predicted octanol–water partition coefficient (Wildman–Crippen LogP) is 1.32. The molecule has 6 nitrogen and oxygen atoms in total. The van der Waals surface area contributed by atoms with Crippen molar-refractivity contribution in [3.8, 4) is 0 Å². The molecule has 3 rings (SSSR count). The van der Waals surface area contributed by atoms with Crippen LogP contribution in [0.1, 0.15) is 35.4 Å². The van der Waals surface area contributed by atoms with E-state index >= 15 is 0 Å². The van der Waals surface area contributed by atoms with Crippen molar-refractivity contribution in [3.63, 3.8) is 0 Å². The second-order valence-corrected chi connectivity index (χ2v) is 7.52. The molecule has 1 aromatic heterocycles. The van der Waals surface area contributed by atoms with Gasteiger partial charge in [-0.1, -0.05) is 6.07 Å². The Kier molecular flexibility index (Phi) is 5.18. The Hall–Kier alpha value is -1.89. The first-order valence-corrected chi connectivity index (χ1v) is 9.35. The van der Waals surface area contributed by atoms with E-state index in [0.717, 1.165) is 17.7 Å². The van der Waals surface area contributed by atoms with Gasteiger partial charge >= 0.3 is 0 Å². The third-order valence-corrected chi connectivity index (χ3v) is 5.86. The standard InChI is InChI=1S/C17H23N3O3S/c18-15(21)13-3-1-7-20(11-13)16(22)12-5-8-19(9-6-12)17(23)14-4-2-10-24-14/h2,4,10,12-13H,1,3,5-9,11H2,(H2,18,21)/t13-/m1/s1. The molecule has 0 aromatic carbocycles. The molecule has 2 fully saturated rings. The van der Waals surface area contributed by atoms with Crippen molar-refractivity contribution < 1.29 is 14.4 Å². The number of rotatable bonds is 3. The fraction of sp³-hybridized carbons (Fsp3) is 0.588. The number of hydrogen-bond acceptors (Lipinski definition) is 4. The van der Waals surface area contributed by atoms with Gasteiger partial charge in [0, 0.05) is 32.1 Å². The number of nitrogens with two attached hydrogens (primary N) is 1. The molecule has 0 aliphatic carbocycles. The maximum absolute atomic E-state index is 12.7. The number of piperidine rings is 2. The number of thiophene rings is 1. The van der Waals surface area contributed by atoms with Crippen molar-refractivity contribution in [3.05, 3.63) is 22.4 Å². The van der Waals surface area contributed by atoms with Gasteiger partial charge in [0.1, 0.15) is 0 Å². The smallest absolute Gasteiger partial charge is 0.263 e. The highest BCUT2D eigenvalue weighted by Crippen LogP contribution is 2.25. The maximum Gasteiger partial charge on any atom is 0.263 e. The van der Waals surface area contributed by atoms with Crippen LogP contribution in [-0.4, -0.2) is 53.7 Å². The first-order chi connectivity index (χ1) is 11.6. The van der Waals surface area contributed by atoms with E-state index in [1.165, 1.54) is 11.3 Å². The van der Waals surface area contributed by atoms with Gasteiger partial charge in [0.25, 0.3) is 5.91 Å². The summed E-state index contributed by atoms with van der Waals surface area (Å²) in [5.41, 5.74) is 5.39. The van der Waals surface area contributed by atoms with Gasteiger partial charge in [0.2, 0.25) is 11.8 Å². The minimum Gasteiger partial charge on any atom is -0.369 e. The highest BCUT2D eigenvalue weighted by molar-refractivity contribution is 7.12. The average Bonchev–Trinajstić information content (AvgIpc) is 3.15. The number of hydrogen-bond donors (Lipinski definition) is 1. The molecule has 2 aliphatic rings. The van der Waals surface area contributed by atoms with Gasteiger partial charge in [0.15, 0.2) is 0 Å². The lowest BCUT2D eigenvalue weighted by molar-refractivity contribution is -0.140. The Morgan fingerprint density at radius 3 is 2.42 bits per heavy atom. The van der Waals surface area contributed by atoms with Crippen LogP contribution in [0.2, 0.25) is 0 Å². The first-order valence-electron chi connectivity index (χ1n) is 8.47. The summed E-state index contributed by atoms with van der Waals surface area (Å²) in [6.07, 6.45) is 2.98. The van der Waals surface area contributed by atoms with Gasteiger partial charge in [-0.15, -0.1) is 11.3 Å². The summed E-state index contributed by atoms with van der Waals surface area (Å²) in [6.45, 7) is 2.37. The lowest BCUT2D eigenvalue weighted by Crippen LogP contribution is -2.48. The molecule has 0 radical (unpaired) electrons. The summed E-state index contributed by atoms with van der Waals surface area (Å²) in [4.78, 5) is 40.8. The van der Waals surface area contributed by atoms with Gasteiger partial charge in [0.05, 0.1) is 10.8 Å². The van der Waals surface area contributed by atoms with E-state index in [1.54, 1.807) is 4.90 Å². The minimum absolute atomic E-state index is 0.0518. The van der Waals surface area contributed by atoms with Gasteiger partial charge in [-0.2, -0.15) is 0 Å². The third-order valence-electron chi connectivity index (χ3n) is 5.00. The molecule has 2 aliphatic heterocycles. The van der Waals surface area contributed by atoms with E-state index in [9.17, 15) is 14.4 Å². The highest BCUT2D eigenvalue weighted by Gasteiger charge is 2.33. The Morgan fingerprint density at radius 2 is 1.79 bits per heavy atom. The van der Waals surface area contributed by atoms with E-state index < -0.39 is 0 Å². The second kappa shape index (κ2) is 7.34. The topological polar surface area (TPSA) is 83.7 Å². The molecule has 130 valence electrons. The van der Waals surface area contributed by atoms with E-state index in [-0.39, 0.29) is 29.6 Å². The number of amides is 3. The van der Waals surface area contributed by atoms with E-state index in [2.05, 4.69) is 0 Å². The van der Waals surface area contributed by atoms with Crippen LogP contribution in [0.25, 0.3) is 0 Å². The molecule has 0 spiro atoms. The molecule has 3 amide bonds. The maximum atomic E-state index is 12.7. The number of carbonyl (C=O) groups excluding carboxylic acids is 3. The number of likely N-dealkylation sites (tertiary alicyclic amines) is 2. The molecule has 2 saturated heterocycles. The molecule has 0 unspecified atom stereocenters. The monoisotopic (exact) mass is 349 g/mol. The Balaban J connectivity index is 1.53. The average molecular weight is 349 g/mol. The first kappa shape index (κ1) is 17.0. The van der Waals surface area contributed by atoms with Crippen LogP contribution in [0.15, 0.2) is 17.5 Å². The molecule has 7 heteroatoms. The molecule has 2 N–H and O–H groups in total. The molecule has 0 saturated carbocycles. The summed E-state index contributed by atoms with van der Waals surface area (Å²) in [5, 5.41) is 1.90. The summed E-state index contributed by atoms with van der Waals surface area (Å²) in [6, 6.07) is 3.71. The number of primary amides is 1. The van der Waals surface area contributed by atoms with Crippen LogP contribution in [-0.2, 0) is 9.59 Å². The predicted molar refractivity (Wildman–Crippen MR) is 91.4 cm³/mol. The fourth-order valence-corrected chi connectivity index (χ4v) is 4.24. The van der Waals surface area contributed by atoms with Gasteiger partial charge < -0.3 is 15.5 Å². The van der Waals surface area contributed by atoms with Crippen molar-refractivity contribution >= 4 is 29.1 Å². The van der Waals surface area contributed by atoms with Gasteiger partial charge in [-0.25, -0.2) is 0 Å². The molecular weight excluding hydrogens is 326 g/mol. The quantitative estimate of drug-likeness (QED) is 0.893. The third kappa shape index (κ3) is 3.61. The van der Waals surface area contributed by atoms with Crippen molar-refractivity contribution in [2.24, 2.45) is 17.6 Å². The molecular formula is C17H23N3O3S. The van der Waals surface area contributed by atoms with Gasteiger partial charge in [-0.05, 0) is 37.1 Å². The number of nitrogens with zero attached hydrogens (tertiary/aromatic N) is 2. The molecule has 1 atom stereocenters. The normalized spacial score (nSPS) is 22.4. The zero-order valence-corrected chi connectivity index (χ0v) is 14.5. The lowest BCUT2D eigenvalue weighted by Gasteiger charge is -2.37. The van der Waals surface area contributed by atoms with E-state index in [1.807, 2.05) is 22.4 Å². The van der Waals surface area contributed by atoms with E-state index in [0.29, 0.717) is 39.0 Å². The van der Waals surface area contributed by atoms with E-state index in [4.69, 9.17) is 5.73 Å². The van der Waals surface area contributed by atoms with Crippen LogP contribution in [0.3, 0.4) is 0 Å². The molecule has 24 heavy (non-hydrogen) atoms. The van der Waals surface area contributed by atoms with Crippen LogP contribution >= 0.6 is 11.3 Å². The Bertz CT molecular complexity index is 609. The summed E-state index contributed by atoms with van der Waals surface area (Å²) < 4.78 is 0. The van der Waals surface area contributed by atoms with Crippen molar-refractivity contribution in [2.45, 2.75) is 25.7 Å². The zero-order valence-electron chi connectivity index (χ0n) is 13.6. The summed E-state index contributed by atoms with van der Waals surface area (Å²) in [5.74, 6) is -0.414. The number of carbonyl (C=O) groups is 3. The molecule has 3 heterocycles. The SMILES string of the molecule is NC(=O)[C@@H]1CCCN(C(=O)C2CCN(C(=O)c3cccs3)CC2)C1. The van der Waals surface area contributed by atoms with Crippen LogP contribution in [0, 0.1) is 11.8 Å². The summed E-state index contributed by atoms with van der Waals surface area (Å²) >= 11 is 1.45. The Morgan fingerprint density at radius 1 is 1.04 bits per heavy atom. The lowest BCUT2D eigenvalue weighted by atomic mass is 9.92. The fourth-order valence-electron chi connectivity index (χ4n) is 3.55. The highest BCUT2D eigenvalue weighted by atomic mass is 32.1. The van der Waals surface area contributed by atoms with Crippen LogP contribution < -0.4 is 5.73 Å². The zero-order chi connectivity index (χ0) is 17.1.